The summed E-state index contributed by atoms with van der Waals surface area (Å²) in [6, 6.07) is 0. The maximum absolute atomic E-state index is 5.71. The molecule has 0 aliphatic rings. The van der Waals surface area contributed by atoms with Crippen molar-refractivity contribution in [2.24, 2.45) is 0 Å². The molecule has 0 bridgehead atoms. The highest BCUT2D eigenvalue weighted by molar-refractivity contribution is 6.69. The number of hydrogen-bond acceptors (Lipinski definition) is 2. The van der Waals surface area contributed by atoms with E-state index < -0.39 is 8.32 Å². The molecule has 0 unspecified atom stereocenters. The highest BCUT2D eigenvalue weighted by atomic mass is 28.4. The molecule has 0 spiro atoms. The lowest BCUT2D eigenvalue weighted by atomic mass is 10.4. The van der Waals surface area contributed by atoms with Crippen molar-refractivity contribution in [1.29, 1.82) is 0 Å². The Balaban J connectivity index is 4.16. The molecule has 0 aliphatic carbocycles. The molecule has 0 N–H and O–H groups in total. The zero-order chi connectivity index (χ0) is 10.3. The molecule has 76 valence electrons. The lowest BCUT2D eigenvalue weighted by molar-refractivity contribution is 0.111. The fourth-order valence-corrected chi connectivity index (χ4v) is 1.50. The van der Waals surface area contributed by atoms with E-state index in [1.165, 1.54) is 0 Å². The van der Waals surface area contributed by atoms with Crippen LogP contribution in [-0.2, 0) is 9.16 Å². The standard InChI is InChI=1S/C10H20O2Si/c1-6-8-9-10(11-7-2)12-13(3,4)5/h6,9H,1,7-8H2,2-5H3. The molecule has 0 saturated heterocycles. The van der Waals surface area contributed by atoms with Crippen LogP contribution in [0.1, 0.15) is 13.3 Å². The van der Waals surface area contributed by atoms with E-state index >= 15 is 0 Å². The normalized spacial score (nSPS) is 12.5. The second-order valence-corrected chi connectivity index (χ2v) is 8.12. The number of hydrogen-bond donors (Lipinski definition) is 0. The van der Waals surface area contributed by atoms with Gasteiger partial charge in [-0.3, -0.25) is 0 Å². The van der Waals surface area contributed by atoms with Crippen molar-refractivity contribution in [1.82, 2.24) is 0 Å². The van der Waals surface area contributed by atoms with Crippen molar-refractivity contribution in [3.05, 3.63) is 24.7 Å². The van der Waals surface area contributed by atoms with Crippen LogP contribution >= 0.6 is 0 Å². The summed E-state index contributed by atoms with van der Waals surface area (Å²) >= 11 is 0. The highest BCUT2D eigenvalue weighted by Crippen LogP contribution is 2.12. The first-order chi connectivity index (χ1) is 5.99. The second kappa shape index (κ2) is 5.86. The molecular formula is C10H20O2Si. The summed E-state index contributed by atoms with van der Waals surface area (Å²) in [6.45, 7) is 12.6. The molecule has 2 nitrogen and oxygen atoms in total. The van der Waals surface area contributed by atoms with Crippen LogP contribution < -0.4 is 0 Å². The molecule has 0 aromatic carbocycles. The SMILES string of the molecule is C=CCC=C(OCC)O[Si](C)(C)C. The van der Waals surface area contributed by atoms with Gasteiger partial charge in [-0.2, -0.15) is 0 Å². The minimum Gasteiger partial charge on any atom is -0.520 e. The Hall–Kier alpha value is -0.703. The van der Waals surface area contributed by atoms with Gasteiger partial charge in [-0.1, -0.05) is 6.08 Å². The van der Waals surface area contributed by atoms with Crippen LogP contribution in [0.5, 0.6) is 0 Å². The van der Waals surface area contributed by atoms with Crippen LogP contribution in [0, 0.1) is 0 Å². The lowest BCUT2D eigenvalue weighted by Gasteiger charge is -2.21. The molecule has 0 radical (unpaired) electrons. The van der Waals surface area contributed by atoms with Gasteiger partial charge in [-0.25, -0.2) is 0 Å². The topological polar surface area (TPSA) is 18.5 Å². The van der Waals surface area contributed by atoms with Gasteiger partial charge < -0.3 is 9.16 Å². The Labute approximate surface area is 82.4 Å². The van der Waals surface area contributed by atoms with Gasteiger partial charge in [-0.05, 0) is 39.1 Å². The largest absolute Gasteiger partial charge is 0.520 e. The van der Waals surface area contributed by atoms with E-state index in [1.54, 1.807) is 0 Å². The zero-order valence-electron chi connectivity index (χ0n) is 9.09. The molecule has 0 amide bonds. The van der Waals surface area contributed by atoms with Crippen LogP contribution in [0.15, 0.2) is 24.7 Å². The number of ether oxygens (including phenoxy) is 1. The quantitative estimate of drug-likeness (QED) is 0.372. The van der Waals surface area contributed by atoms with E-state index in [4.69, 9.17) is 9.16 Å². The molecule has 3 heteroatoms. The third-order valence-electron chi connectivity index (χ3n) is 1.14. The monoisotopic (exact) mass is 200 g/mol. The molecule has 0 aliphatic heterocycles. The van der Waals surface area contributed by atoms with Crippen LogP contribution in [0.3, 0.4) is 0 Å². The number of allylic oxidation sites excluding steroid dienone is 2. The summed E-state index contributed by atoms with van der Waals surface area (Å²) in [7, 11) is -1.54. The predicted molar refractivity (Wildman–Crippen MR) is 59.0 cm³/mol. The summed E-state index contributed by atoms with van der Waals surface area (Å²) in [4.78, 5) is 0. The highest BCUT2D eigenvalue weighted by Gasteiger charge is 2.17. The van der Waals surface area contributed by atoms with Crippen LogP contribution in [-0.4, -0.2) is 14.9 Å². The van der Waals surface area contributed by atoms with Gasteiger partial charge in [0.1, 0.15) is 0 Å². The predicted octanol–water partition coefficient (Wildman–Crippen LogP) is 3.29. The fraction of sp³-hybridized carbons (Fsp3) is 0.600. The Morgan fingerprint density at radius 3 is 2.38 bits per heavy atom. The average Bonchev–Trinajstić information content (AvgIpc) is 1.98. The van der Waals surface area contributed by atoms with E-state index in [9.17, 15) is 0 Å². The smallest absolute Gasteiger partial charge is 0.261 e. The summed E-state index contributed by atoms with van der Waals surface area (Å²) in [5.41, 5.74) is 0. The Morgan fingerprint density at radius 2 is 2.00 bits per heavy atom. The summed E-state index contributed by atoms with van der Waals surface area (Å²) in [6.07, 6.45) is 4.54. The molecular weight excluding hydrogens is 180 g/mol. The first-order valence-electron chi connectivity index (χ1n) is 4.62. The van der Waals surface area contributed by atoms with E-state index in [-0.39, 0.29) is 0 Å². The van der Waals surface area contributed by atoms with Crippen LogP contribution in [0.2, 0.25) is 19.6 Å². The summed E-state index contributed by atoms with van der Waals surface area (Å²) in [5, 5.41) is 0. The molecule has 0 aromatic rings. The van der Waals surface area contributed by atoms with Crippen LogP contribution in [0.25, 0.3) is 0 Å². The average molecular weight is 200 g/mol. The second-order valence-electron chi connectivity index (χ2n) is 3.69. The Kier molecular flexibility index (Phi) is 5.54. The van der Waals surface area contributed by atoms with E-state index in [0.29, 0.717) is 12.6 Å². The van der Waals surface area contributed by atoms with Gasteiger partial charge in [-0.15, -0.1) is 6.58 Å². The van der Waals surface area contributed by atoms with Gasteiger partial charge in [0.15, 0.2) is 0 Å². The maximum atomic E-state index is 5.71. The molecule has 0 fully saturated rings. The lowest BCUT2D eigenvalue weighted by Crippen LogP contribution is -2.25. The third kappa shape index (κ3) is 7.65. The summed E-state index contributed by atoms with van der Waals surface area (Å²) < 4.78 is 11.1. The number of rotatable bonds is 6. The zero-order valence-corrected chi connectivity index (χ0v) is 10.1. The first kappa shape index (κ1) is 12.3. The van der Waals surface area contributed by atoms with Gasteiger partial charge in [0.05, 0.1) is 6.61 Å². The van der Waals surface area contributed by atoms with Gasteiger partial charge in [0, 0.05) is 0 Å². The van der Waals surface area contributed by atoms with Gasteiger partial charge in [0.2, 0.25) is 8.32 Å². The third-order valence-corrected chi connectivity index (χ3v) is 1.96. The molecule has 0 saturated carbocycles. The minimum atomic E-state index is -1.54. The van der Waals surface area contributed by atoms with Crippen molar-refractivity contribution >= 4 is 8.32 Å². The van der Waals surface area contributed by atoms with Crippen molar-refractivity contribution < 1.29 is 9.16 Å². The Bertz CT molecular complexity index is 180. The van der Waals surface area contributed by atoms with E-state index in [1.807, 2.05) is 19.1 Å². The molecule has 13 heavy (non-hydrogen) atoms. The van der Waals surface area contributed by atoms with Crippen LogP contribution in [0.4, 0.5) is 0 Å². The van der Waals surface area contributed by atoms with E-state index in [2.05, 4.69) is 26.2 Å². The molecule has 0 aromatic heterocycles. The minimum absolute atomic E-state index is 0.646. The van der Waals surface area contributed by atoms with Crippen molar-refractivity contribution in [3.63, 3.8) is 0 Å². The van der Waals surface area contributed by atoms with Crippen molar-refractivity contribution in [2.75, 3.05) is 6.61 Å². The Morgan fingerprint density at radius 1 is 1.38 bits per heavy atom. The molecule has 0 heterocycles. The molecule has 0 atom stereocenters. The summed E-state index contributed by atoms with van der Waals surface area (Å²) in [5.74, 6) is 0.654. The van der Waals surface area contributed by atoms with Crippen molar-refractivity contribution in [2.45, 2.75) is 33.0 Å². The van der Waals surface area contributed by atoms with Gasteiger partial charge in [0.25, 0.3) is 5.95 Å². The van der Waals surface area contributed by atoms with Gasteiger partial charge >= 0.3 is 0 Å². The molecule has 0 rings (SSSR count). The fourth-order valence-electron chi connectivity index (χ4n) is 0.754. The first-order valence-corrected chi connectivity index (χ1v) is 8.03. The van der Waals surface area contributed by atoms with E-state index in [0.717, 1.165) is 6.42 Å². The maximum Gasteiger partial charge on any atom is 0.261 e. The van der Waals surface area contributed by atoms with Crippen molar-refractivity contribution in [3.8, 4) is 0 Å².